The first-order chi connectivity index (χ1) is 14.6. The molecule has 3 rings (SSSR count). The van der Waals surface area contributed by atoms with Crippen LogP contribution in [0.1, 0.15) is 39.2 Å². The Morgan fingerprint density at radius 3 is 2.26 bits per heavy atom. The number of hydrogen-bond acceptors (Lipinski definition) is 6. The van der Waals surface area contributed by atoms with E-state index in [4.69, 9.17) is 0 Å². The van der Waals surface area contributed by atoms with Crippen LogP contribution in [-0.4, -0.2) is 81.6 Å². The molecule has 0 spiro atoms. The zero-order valence-corrected chi connectivity index (χ0v) is 19.5. The maximum absolute atomic E-state index is 12.7. The number of nitrogens with one attached hydrogen (secondary N) is 1. The Balaban J connectivity index is 1.50. The number of anilines is 1. The number of nitrogens with zero attached hydrogens (tertiary/aromatic N) is 3. The third kappa shape index (κ3) is 6.27. The van der Waals surface area contributed by atoms with Crippen molar-refractivity contribution in [1.82, 2.24) is 15.1 Å². The fourth-order valence-corrected chi connectivity index (χ4v) is 4.84. The molecule has 2 saturated heterocycles. The van der Waals surface area contributed by atoms with Gasteiger partial charge in [-0.15, -0.1) is 0 Å². The molecule has 2 heterocycles. The van der Waals surface area contributed by atoms with Crippen molar-refractivity contribution in [3.05, 3.63) is 29.8 Å². The van der Waals surface area contributed by atoms with Crippen molar-refractivity contribution >= 4 is 28.6 Å². The highest BCUT2D eigenvalue weighted by atomic mass is 32.2. The largest absolute Gasteiger partial charge is 0.771 e. The molecule has 1 unspecified atom stereocenters. The molecule has 2 aliphatic heterocycles. The number of carbonyl (C=O) groups is 2. The molecule has 0 bridgehead atoms. The Morgan fingerprint density at radius 1 is 1.06 bits per heavy atom. The Hall–Kier alpha value is -1.97. The van der Waals surface area contributed by atoms with Crippen LogP contribution in [0.15, 0.2) is 24.3 Å². The van der Waals surface area contributed by atoms with Crippen LogP contribution in [-0.2, 0) is 26.1 Å². The minimum atomic E-state index is -2.10. The minimum absolute atomic E-state index is 0.0161. The summed E-state index contributed by atoms with van der Waals surface area (Å²) in [6.45, 7) is 10.2. The third-order valence-corrected chi connectivity index (χ3v) is 6.60. The lowest BCUT2D eigenvalue weighted by molar-refractivity contribution is -0.146. The summed E-state index contributed by atoms with van der Waals surface area (Å²) in [6.07, 6.45) is 1.29. The van der Waals surface area contributed by atoms with E-state index in [1.807, 2.05) is 11.0 Å². The third-order valence-electron chi connectivity index (χ3n) is 6.02. The van der Waals surface area contributed by atoms with E-state index < -0.39 is 22.9 Å². The first-order valence-electron chi connectivity index (χ1n) is 10.9. The quantitative estimate of drug-likeness (QED) is 0.545. The SMILES string of the molecule is CC(C)(C)c1ccccc1N1CCN(C(=O)C(=O)NC2CCN(CS(=O)[O-])CC2)CC1. The van der Waals surface area contributed by atoms with Crippen molar-refractivity contribution < 1.29 is 18.4 Å². The predicted molar refractivity (Wildman–Crippen MR) is 120 cm³/mol. The number of piperazine rings is 1. The van der Waals surface area contributed by atoms with Crippen molar-refractivity contribution in [2.45, 2.75) is 45.1 Å². The van der Waals surface area contributed by atoms with E-state index in [0.717, 1.165) is 0 Å². The Morgan fingerprint density at radius 2 is 1.68 bits per heavy atom. The molecule has 2 aliphatic rings. The lowest BCUT2D eigenvalue weighted by atomic mass is 9.85. The van der Waals surface area contributed by atoms with Crippen LogP contribution in [0.2, 0.25) is 0 Å². The van der Waals surface area contributed by atoms with E-state index in [9.17, 15) is 18.4 Å². The van der Waals surface area contributed by atoms with E-state index in [1.54, 1.807) is 4.90 Å². The van der Waals surface area contributed by atoms with Crippen LogP contribution in [0.25, 0.3) is 0 Å². The van der Waals surface area contributed by atoms with Gasteiger partial charge in [0, 0.05) is 51.0 Å². The van der Waals surface area contributed by atoms with E-state index in [1.165, 1.54) is 11.3 Å². The number of hydrogen-bond donors (Lipinski definition) is 1. The standard InChI is InChI=1S/C22H34N4O4S/c1-22(2,3)18-6-4-5-7-19(18)25-12-14-26(15-13-25)21(28)20(27)23-17-8-10-24(11-9-17)16-31(29)30/h4-7,17H,8-16H2,1-3H3,(H,23,27)(H,29,30)/p-1. The van der Waals surface area contributed by atoms with Crippen LogP contribution >= 0.6 is 0 Å². The fourth-order valence-electron chi connectivity index (χ4n) is 4.28. The predicted octanol–water partition coefficient (Wildman–Crippen LogP) is 1.05. The molecule has 0 radical (unpaired) electrons. The summed E-state index contributed by atoms with van der Waals surface area (Å²) < 4.78 is 21.6. The normalized spacial score (nSPS) is 19.9. The molecule has 0 aliphatic carbocycles. The molecule has 1 atom stereocenters. The molecule has 1 aromatic rings. The van der Waals surface area contributed by atoms with Crippen molar-refractivity contribution in [3.63, 3.8) is 0 Å². The van der Waals surface area contributed by atoms with E-state index in [0.29, 0.717) is 52.1 Å². The second kappa shape index (κ2) is 10.1. The zero-order chi connectivity index (χ0) is 22.6. The minimum Gasteiger partial charge on any atom is -0.771 e. The van der Waals surface area contributed by atoms with Gasteiger partial charge in [-0.05, 0) is 41.0 Å². The average molecular weight is 450 g/mol. The second-order valence-corrected chi connectivity index (χ2v) is 10.2. The zero-order valence-electron chi connectivity index (χ0n) is 18.6. The van der Waals surface area contributed by atoms with Gasteiger partial charge >= 0.3 is 11.8 Å². The lowest BCUT2D eigenvalue weighted by Crippen LogP contribution is -2.55. The second-order valence-electron chi connectivity index (χ2n) is 9.35. The number of benzene rings is 1. The smallest absolute Gasteiger partial charge is 0.312 e. The molecule has 9 heteroatoms. The van der Waals surface area contributed by atoms with Gasteiger partial charge in [-0.3, -0.25) is 18.7 Å². The molecule has 1 aromatic carbocycles. The first-order valence-corrected chi connectivity index (χ1v) is 12.1. The lowest BCUT2D eigenvalue weighted by Gasteiger charge is -2.38. The van der Waals surface area contributed by atoms with Crippen LogP contribution in [0.5, 0.6) is 0 Å². The molecule has 1 N–H and O–H groups in total. The summed E-state index contributed by atoms with van der Waals surface area (Å²) in [5.41, 5.74) is 2.50. The summed E-state index contributed by atoms with van der Waals surface area (Å²) >= 11 is -2.10. The number of amides is 2. The van der Waals surface area contributed by atoms with Crippen molar-refractivity contribution in [2.24, 2.45) is 0 Å². The number of piperidine rings is 1. The van der Waals surface area contributed by atoms with Gasteiger partial charge < -0.3 is 19.7 Å². The summed E-state index contributed by atoms with van der Waals surface area (Å²) in [7, 11) is 0. The van der Waals surface area contributed by atoms with E-state index in [2.05, 4.69) is 49.2 Å². The first kappa shape index (κ1) is 23.7. The topological polar surface area (TPSA) is 96.0 Å². The van der Waals surface area contributed by atoms with Gasteiger partial charge in [-0.2, -0.15) is 0 Å². The summed E-state index contributed by atoms with van der Waals surface area (Å²) in [5, 5.41) is 2.84. The highest BCUT2D eigenvalue weighted by Crippen LogP contribution is 2.32. The van der Waals surface area contributed by atoms with Crippen molar-refractivity contribution in [1.29, 1.82) is 0 Å². The van der Waals surface area contributed by atoms with E-state index in [-0.39, 0.29) is 17.3 Å². The fraction of sp³-hybridized carbons (Fsp3) is 0.636. The van der Waals surface area contributed by atoms with Gasteiger partial charge in [0.15, 0.2) is 0 Å². The molecule has 172 valence electrons. The van der Waals surface area contributed by atoms with Gasteiger partial charge in [0.1, 0.15) is 0 Å². The van der Waals surface area contributed by atoms with Crippen LogP contribution in [0.3, 0.4) is 0 Å². The monoisotopic (exact) mass is 449 g/mol. The number of para-hydroxylation sites is 1. The number of rotatable bonds is 4. The van der Waals surface area contributed by atoms with Gasteiger partial charge in [-0.1, -0.05) is 39.0 Å². The maximum atomic E-state index is 12.7. The number of likely N-dealkylation sites (tertiary alicyclic amines) is 1. The van der Waals surface area contributed by atoms with Crippen molar-refractivity contribution in [2.75, 3.05) is 50.0 Å². The Labute approximate surface area is 187 Å². The average Bonchev–Trinajstić information content (AvgIpc) is 2.74. The van der Waals surface area contributed by atoms with Crippen LogP contribution < -0.4 is 10.2 Å². The van der Waals surface area contributed by atoms with Crippen LogP contribution in [0.4, 0.5) is 5.69 Å². The van der Waals surface area contributed by atoms with Gasteiger partial charge in [0.05, 0.1) is 5.88 Å². The van der Waals surface area contributed by atoms with Crippen molar-refractivity contribution in [3.8, 4) is 0 Å². The Kier molecular flexibility index (Phi) is 7.72. The van der Waals surface area contributed by atoms with Crippen LogP contribution in [0, 0.1) is 0 Å². The summed E-state index contributed by atoms with van der Waals surface area (Å²) in [4.78, 5) is 30.9. The summed E-state index contributed by atoms with van der Waals surface area (Å²) in [6, 6.07) is 8.28. The highest BCUT2D eigenvalue weighted by molar-refractivity contribution is 7.79. The number of carbonyl (C=O) groups excluding carboxylic acids is 2. The maximum Gasteiger partial charge on any atom is 0.312 e. The highest BCUT2D eigenvalue weighted by Gasteiger charge is 2.30. The van der Waals surface area contributed by atoms with Gasteiger partial charge in [-0.25, -0.2) is 0 Å². The van der Waals surface area contributed by atoms with E-state index >= 15 is 0 Å². The van der Waals surface area contributed by atoms with Gasteiger partial charge in [0.2, 0.25) is 0 Å². The molecule has 2 amide bonds. The molecular weight excluding hydrogens is 416 g/mol. The molecular formula is C22H33N4O4S-. The molecule has 0 saturated carbocycles. The van der Waals surface area contributed by atoms with Gasteiger partial charge in [0.25, 0.3) is 0 Å². The Bertz CT molecular complexity index is 810. The molecule has 2 fully saturated rings. The summed E-state index contributed by atoms with van der Waals surface area (Å²) in [5.74, 6) is -1.02. The molecule has 8 nitrogen and oxygen atoms in total. The molecule has 0 aromatic heterocycles. The molecule has 31 heavy (non-hydrogen) atoms.